The molecule has 1 heterocycles. The molecule has 2 rings (SSSR count). The van der Waals surface area contributed by atoms with Gasteiger partial charge in [-0.3, -0.25) is 4.98 Å². The van der Waals surface area contributed by atoms with Crippen molar-refractivity contribution in [2.24, 2.45) is 0 Å². The topological polar surface area (TPSA) is 24.9 Å². The summed E-state index contributed by atoms with van der Waals surface area (Å²) in [5.41, 5.74) is 2.46. The average molecular weight is 445 g/mol. The van der Waals surface area contributed by atoms with Crippen molar-refractivity contribution in [2.75, 3.05) is 6.26 Å². The number of benzene rings is 1. The first-order valence-corrected chi connectivity index (χ1v) is 13.6. The smallest absolute Gasteiger partial charge is 0.0758 e. The fourth-order valence-electron chi connectivity index (χ4n) is 4.09. The van der Waals surface area contributed by atoms with Gasteiger partial charge in [0.05, 0.1) is 16.5 Å². The zero-order valence-electron chi connectivity index (χ0n) is 19.2. The second kappa shape index (κ2) is 14.8. The Labute approximate surface area is 194 Å². The molecule has 0 fully saturated rings. The number of unbranched alkanes of at least 4 members (excludes halogenated alkanes) is 8. The summed E-state index contributed by atoms with van der Waals surface area (Å²) in [5.74, 6) is 0. The van der Waals surface area contributed by atoms with Gasteiger partial charge in [-0.1, -0.05) is 89.9 Å². The van der Waals surface area contributed by atoms with Crippen LogP contribution in [0.2, 0.25) is 0 Å². The van der Waals surface area contributed by atoms with Crippen LogP contribution < -0.4 is 5.32 Å². The van der Waals surface area contributed by atoms with E-state index < -0.39 is 0 Å². The summed E-state index contributed by atoms with van der Waals surface area (Å²) in [6.07, 6.45) is 19.2. The molecule has 0 bridgehead atoms. The quantitative estimate of drug-likeness (QED) is 0.169. The Morgan fingerprint density at radius 2 is 1.67 bits per heavy atom. The van der Waals surface area contributed by atoms with Crippen LogP contribution in [0.3, 0.4) is 0 Å². The van der Waals surface area contributed by atoms with E-state index in [9.17, 15) is 0 Å². The van der Waals surface area contributed by atoms with Gasteiger partial charge in [0.25, 0.3) is 0 Å². The highest BCUT2D eigenvalue weighted by atomic mass is 32.2. The van der Waals surface area contributed by atoms with Gasteiger partial charge in [-0.2, -0.15) is 0 Å². The number of thiocarbonyl (C=S) groups is 1. The Hall–Kier alpha value is -1.13. The van der Waals surface area contributed by atoms with Gasteiger partial charge in [-0.15, -0.1) is 11.8 Å². The van der Waals surface area contributed by atoms with Crippen molar-refractivity contribution >= 4 is 39.9 Å². The van der Waals surface area contributed by atoms with Crippen LogP contribution in [0.5, 0.6) is 0 Å². The number of hydrogen-bond acceptors (Lipinski definition) is 3. The lowest BCUT2D eigenvalue weighted by atomic mass is 9.96. The molecule has 2 aromatic rings. The van der Waals surface area contributed by atoms with E-state index in [0.29, 0.717) is 0 Å². The van der Waals surface area contributed by atoms with Crippen molar-refractivity contribution in [3.63, 3.8) is 0 Å². The molecule has 0 saturated carbocycles. The van der Waals surface area contributed by atoms with Gasteiger partial charge in [0.15, 0.2) is 0 Å². The highest BCUT2D eigenvalue weighted by molar-refractivity contribution is 7.98. The molecular formula is C26H40N2S2. The van der Waals surface area contributed by atoms with Crippen LogP contribution >= 0.6 is 24.0 Å². The molecule has 0 amide bonds. The predicted octanol–water partition coefficient (Wildman–Crippen LogP) is 8.64. The number of thioether (sulfide) groups is 1. The molecule has 0 aliphatic rings. The highest BCUT2D eigenvalue weighted by Crippen LogP contribution is 2.35. The molecule has 1 aromatic heterocycles. The SMILES string of the molecule is CCCCCCCCCC(=S)NC(CCCCC)c1c(SC)ccc2ncccc12. The lowest BCUT2D eigenvalue weighted by Crippen LogP contribution is -2.27. The standard InChI is InChI=1S/C26H40N2S2/c1-4-6-8-9-10-11-13-17-25(29)28-23(16-12-7-5-2)26-21-15-14-20-27-22(21)18-19-24(26)30-3/h14-15,18-20,23H,4-13,16-17H2,1-3H3,(H,28,29). The van der Waals surface area contributed by atoms with Crippen molar-refractivity contribution in [1.82, 2.24) is 10.3 Å². The second-order valence-corrected chi connectivity index (χ2v) is 9.58. The van der Waals surface area contributed by atoms with Crippen molar-refractivity contribution in [1.29, 1.82) is 0 Å². The molecule has 166 valence electrons. The minimum atomic E-state index is 0.268. The van der Waals surface area contributed by atoms with Gasteiger partial charge < -0.3 is 5.32 Å². The summed E-state index contributed by atoms with van der Waals surface area (Å²) in [5, 5.41) is 5.02. The number of fused-ring (bicyclic) bond motifs is 1. The minimum absolute atomic E-state index is 0.268. The lowest BCUT2D eigenvalue weighted by molar-refractivity contribution is 0.535. The average Bonchev–Trinajstić information content (AvgIpc) is 2.77. The first kappa shape index (κ1) is 25.1. The van der Waals surface area contributed by atoms with E-state index in [4.69, 9.17) is 12.2 Å². The summed E-state index contributed by atoms with van der Waals surface area (Å²) < 4.78 is 0. The fourth-order valence-corrected chi connectivity index (χ4v) is 5.05. The maximum absolute atomic E-state index is 5.80. The van der Waals surface area contributed by atoms with E-state index in [2.05, 4.69) is 54.7 Å². The highest BCUT2D eigenvalue weighted by Gasteiger charge is 2.19. The maximum atomic E-state index is 5.80. The molecule has 1 atom stereocenters. The summed E-state index contributed by atoms with van der Waals surface area (Å²) in [7, 11) is 0. The fraction of sp³-hybridized carbons (Fsp3) is 0.615. The van der Waals surface area contributed by atoms with Crippen LogP contribution in [-0.4, -0.2) is 16.2 Å². The molecule has 30 heavy (non-hydrogen) atoms. The summed E-state index contributed by atoms with van der Waals surface area (Å²) in [6.45, 7) is 4.54. The molecule has 0 aliphatic carbocycles. The molecule has 4 heteroatoms. The van der Waals surface area contributed by atoms with Crippen molar-refractivity contribution < 1.29 is 0 Å². The second-order valence-electron chi connectivity index (χ2n) is 8.24. The number of nitrogens with zero attached hydrogens (tertiary/aromatic N) is 1. The summed E-state index contributed by atoms with van der Waals surface area (Å²) in [4.78, 5) is 6.96. The number of rotatable bonds is 15. The third-order valence-corrected chi connectivity index (χ3v) is 6.91. The first-order chi connectivity index (χ1) is 14.7. The van der Waals surface area contributed by atoms with E-state index in [1.54, 1.807) is 0 Å². The largest absolute Gasteiger partial charge is 0.373 e. The van der Waals surface area contributed by atoms with Crippen LogP contribution in [-0.2, 0) is 0 Å². The molecule has 2 nitrogen and oxygen atoms in total. The van der Waals surface area contributed by atoms with E-state index in [1.807, 2.05) is 18.0 Å². The third kappa shape index (κ3) is 8.19. The van der Waals surface area contributed by atoms with E-state index in [1.165, 1.54) is 80.1 Å². The van der Waals surface area contributed by atoms with Crippen LogP contribution in [0.1, 0.15) is 103 Å². The van der Waals surface area contributed by atoms with E-state index in [0.717, 1.165) is 23.3 Å². The summed E-state index contributed by atoms with van der Waals surface area (Å²) >= 11 is 7.62. The van der Waals surface area contributed by atoms with Gasteiger partial charge in [0, 0.05) is 16.5 Å². The Bertz CT molecular complexity index is 760. The number of hydrogen-bond donors (Lipinski definition) is 1. The molecule has 1 aromatic carbocycles. The predicted molar refractivity (Wildman–Crippen MR) is 139 cm³/mol. The Morgan fingerprint density at radius 1 is 0.967 bits per heavy atom. The van der Waals surface area contributed by atoms with Crippen LogP contribution in [0.15, 0.2) is 35.4 Å². The normalized spacial score (nSPS) is 12.2. The number of nitrogens with one attached hydrogen (secondary N) is 1. The third-order valence-electron chi connectivity index (χ3n) is 5.79. The van der Waals surface area contributed by atoms with Crippen LogP contribution in [0.4, 0.5) is 0 Å². The molecule has 1 unspecified atom stereocenters. The number of aromatic nitrogens is 1. The summed E-state index contributed by atoms with van der Waals surface area (Å²) in [6, 6.07) is 8.90. The van der Waals surface area contributed by atoms with Crippen LogP contribution in [0, 0.1) is 0 Å². The van der Waals surface area contributed by atoms with E-state index >= 15 is 0 Å². The van der Waals surface area contributed by atoms with Crippen LogP contribution in [0.25, 0.3) is 10.9 Å². The molecular weight excluding hydrogens is 404 g/mol. The minimum Gasteiger partial charge on any atom is -0.373 e. The van der Waals surface area contributed by atoms with Crippen molar-refractivity contribution in [3.05, 3.63) is 36.0 Å². The Morgan fingerprint density at radius 3 is 2.40 bits per heavy atom. The van der Waals surface area contributed by atoms with Gasteiger partial charge in [0.1, 0.15) is 0 Å². The molecule has 0 saturated heterocycles. The van der Waals surface area contributed by atoms with Crippen molar-refractivity contribution in [3.8, 4) is 0 Å². The van der Waals surface area contributed by atoms with Gasteiger partial charge in [-0.05, 0) is 49.3 Å². The monoisotopic (exact) mass is 444 g/mol. The van der Waals surface area contributed by atoms with Gasteiger partial charge in [0.2, 0.25) is 0 Å². The first-order valence-electron chi connectivity index (χ1n) is 11.9. The maximum Gasteiger partial charge on any atom is 0.0758 e. The molecule has 0 aliphatic heterocycles. The van der Waals surface area contributed by atoms with Gasteiger partial charge in [-0.25, -0.2) is 0 Å². The lowest BCUT2D eigenvalue weighted by Gasteiger charge is -2.24. The number of pyridine rings is 1. The molecule has 1 N–H and O–H groups in total. The Kier molecular flexibility index (Phi) is 12.4. The molecule has 0 radical (unpaired) electrons. The van der Waals surface area contributed by atoms with Gasteiger partial charge >= 0.3 is 0 Å². The zero-order chi connectivity index (χ0) is 21.6. The van der Waals surface area contributed by atoms with Crippen molar-refractivity contribution in [2.45, 2.75) is 102 Å². The molecule has 0 spiro atoms. The van der Waals surface area contributed by atoms with E-state index in [-0.39, 0.29) is 6.04 Å². The Balaban J connectivity index is 2.05. The zero-order valence-corrected chi connectivity index (χ0v) is 20.8.